The van der Waals surface area contributed by atoms with E-state index in [1.807, 2.05) is 24.3 Å². The van der Waals surface area contributed by atoms with Gasteiger partial charge in [-0.05, 0) is 75.3 Å². The molecule has 22 heavy (non-hydrogen) atoms. The van der Waals surface area contributed by atoms with Gasteiger partial charge in [-0.2, -0.15) is 13.2 Å². The highest BCUT2D eigenvalue weighted by Gasteiger charge is 2.29. The maximum atomic E-state index is 12.4. The lowest BCUT2D eigenvalue weighted by molar-refractivity contribution is -0.137. The summed E-state index contributed by atoms with van der Waals surface area (Å²) >= 11 is 12.9. The third-order valence-corrected chi connectivity index (χ3v) is 3.30. The van der Waals surface area contributed by atoms with Gasteiger partial charge in [0.25, 0.3) is 0 Å². The van der Waals surface area contributed by atoms with Crippen molar-refractivity contribution in [2.45, 2.75) is 11.5 Å². The maximum Gasteiger partial charge on any atom is 0.416 e. The van der Waals surface area contributed by atoms with Crippen LogP contribution in [0.15, 0.2) is 48.5 Å². The fourth-order valence-corrected chi connectivity index (χ4v) is 2.01. The van der Waals surface area contributed by atoms with Crippen LogP contribution in [0.25, 0.3) is 11.1 Å². The Balaban J connectivity index is 0.000000541. The van der Waals surface area contributed by atoms with Crippen molar-refractivity contribution in [2.24, 2.45) is 0 Å². The van der Waals surface area contributed by atoms with Crippen LogP contribution in [0.3, 0.4) is 0 Å². The van der Waals surface area contributed by atoms with Gasteiger partial charge in [-0.1, -0.05) is 52.3 Å². The minimum absolute atomic E-state index is 0.183. The minimum atomic E-state index is -4.28. The predicted octanol–water partition coefficient (Wildman–Crippen LogP) is 8.67. The summed E-state index contributed by atoms with van der Waals surface area (Å²) in [5.74, 6) is 0. The van der Waals surface area contributed by atoms with Gasteiger partial charge in [0.05, 0.1) is 5.56 Å². The molecular formula is C14H10Br4F3P. The zero-order valence-corrected chi connectivity index (χ0v) is 18.2. The first-order chi connectivity index (χ1) is 10.2. The summed E-state index contributed by atoms with van der Waals surface area (Å²) in [6, 6.07) is 12.9. The molecule has 0 bridgehead atoms. The Morgan fingerprint density at radius 3 is 1.45 bits per heavy atom. The Kier molecular flexibility index (Phi) is 9.16. The van der Waals surface area contributed by atoms with Crippen molar-refractivity contribution in [3.8, 4) is 11.1 Å². The highest BCUT2D eigenvalue weighted by atomic mass is 80.0. The molecule has 0 N–H and O–H groups in total. The summed E-state index contributed by atoms with van der Waals surface area (Å²) in [5.41, 5.74) is 2.20. The van der Waals surface area contributed by atoms with Crippen LogP contribution < -0.4 is 0 Å². The van der Waals surface area contributed by atoms with Crippen molar-refractivity contribution in [1.82, 2.24) is 0 Å². The number of hydrogen-bond acceptors (Lipinski definition) is 0. The number of alkyl halides is 4. The lowest BCUT2D eigenvalue weighted by Crippen LogP contribution is -2.03. The molecule has 0 unspecified atom stereocenters. The van der Waals surface area contributed by atoms with Gasteiger partial charge in [0.1, 0.15) is 4.03 Å². The molecule has 2 aromatic rings. The summed E-state index contributed by atoms with van der Waals surface area (Å²) in [4.78, 5) is 0. The SMILES string of the molecule is BrP(Br)Br.FC(F)(F)c1ccc(-c2ccc(CBr)cc2)cc1. The fourth-order valence-electron chi connectivity index (χ4n) is 1.64. The van der Waals surface area contributed by atoms with E-state index in [4.69, 9.17) is 0 Å². The molecule has 0 radical (unpaired) electrons. The summed E-state index contributed by atoms with van der Waals surface area (Å²) in [5, 5.41) is 0.764. The van der Waals surface area contributed by atoms with E-state index in [1.54, 1.807) is 0 Å². The van der Waals surface area contributed by atoms with Gasteiger partial charge < -0.3 is 0 Å². The van der Waals surface area contributed by atoms with Crippen LogP contribution in [-0.2, 0) is 11.5 Å². The molecular weight excluding hydrogens is 576 g/mol. The molecule has 0 atom stereocenters. The summed E-state index contributed by atoms with van der Waals surface area (Å²) in [6.07, 6.45) is -4.28. The second-order valence-electron chi connectivity index (χ2n) is 4.10. The molecule has 0 heterocycles. The molecule has 0 saturated carbocycles. The topological polar surface area (TPSA) is 0 Å². The monoisotopic (exact) mass is 582 g/mol. The van der Waals surface area contributed by atoms with E-state index in [-0.39, 0.29) is 4.03 Å². The fraction of sp³-hybridized carbons (Fsp3) is 0.143. The van der Waals surface area contributed by atoms with Crippen molar-refractivity contribution in [3.63, 3.8) is 0 Å². The first kappa shape index (κ1) is 20.6. The molecule has 0 aliphatic heterocycles. The number of rotatable bonds is 2. The van der Waals surface area contributed by atoms with Crippen LogP contribution in [0, 0.1) is 0 Å². The average molecular weight is 586 g/mol. The Morgan fingerprint density at radius 1 is 0.773 bits per heavy atom. The van der Waals surface area contributed by atoms with E-state index >= 15 is 0 Å². The van der Waals surface area contributed by atoms with Crippen molar-refractivity contribution in [1.29, 1.82) is 0 Å². The van der Waals surface area contributed by atoms with Gasteiger partial charge in [0.15, 0.2) is 0 Å². The molecule has 8 heteroatoms. The van der Waals surface area contributed by atoms with Crippen LogP contribution in [0.5, 0.6) is 0 Å². The second-order valence-corrected chi connectivity index (χ2v) is 20.0. The first-order valence-corrected chi connectivity index (χ1v) is 14.4. The largest absolute Gasteiger partial charge is 0.416 e. The number of benzene rings is 2. The Bertz CT molecular complexity index is 565. The van der Waals surface area contributed by atoms with Gasteiger partial charge in [0.2, 0.25) is 0 Å². The molecule has 0 aliphatic carbocycles. The van der Waals surface area contributed by atoms with Crippen LogP contribution in [-0.4, -0.2) is 0 Å². The highest BCUT2D eigenvalue weighted by Crippen LogP contribution is 2.59. The predicted molar refractivity (Wildman–Crippen MR) is 103 cm³/mol. The van der Waals surface area contributed by atoms with Crippen molar-refractivity contribution in [3.05, 3.63) is 59.7 Å². The molecule has 2 rings (SSSR count). The highest BCUT2D eigenvalue weighted by molar-refractivity contribution is 9.93. The van der Waals surface area contributed by atoms with Crippen LogP contribution >= 0.6 is 66.4 Å². The molecule has 0 nitrogen and oxygen atoms in total. The van der Waals surface area contributed by atoms with Gasteiger partial charge >= 0.3 is 6.18 Å². The van der Waals surface area contributed by atoms with Crippen LogP contribution in [0.4, 0.5) is 13.2 Å². The van der Waals surface area contributed by atoms with E-state index in [2.05, 4.69) is 62.4 Å². The van der Waals surface area contributed by atoms with Gasteiger partial charge in [-0.3, -0.25) is 0 Å². The van der Waals surface area contributed by atoms with E-state index in [0.717, 1.165) is 34.2 Å². The Morgan fingerprint density at radius 2 is 1.14 bits per heavy atom. The smallest absolute Gasteiger partial charge is 0.166 e. The quantitative estimate of drug-likeness (QED) is 0.244. The first-order valence-electron chi connectivity index (χ1n) is 5.84. The second kappa shape index (κ2) is 9.77. The van der Waals surface area contributed by atoms with Crippen molar-refractivity contribution >= 4 is 66.4 Å². The maximum absolute atomic E-state index is 12.4. The normalized spacial score (nSPS) is 11.1. The van der Waals surface area contributed by atoms with E-state index in [0.29, 0.717) is 0 Å². The number of halogens is 7. The lowest BCUT2D eigenvalue weighted by atomic mass is 10.0. The Labute approximate surface area is 161 Å². The van der Waals surface area contributed by atoms with Crippen molar-refractivity contribution in [2.75, 3.05) is 0 Å². The lowest BCUT2D eigenvalue weighted by Gasteiger charge is -2.08. The van der Waals surface area contributed by atoms with E-state index < -0.39 is 11.7 Å². The standard InChI is InChI=1S/C14H10BrF3.Br3P/c15-9-10-1-3-11(4-2-10)12-5-7-13(8-6-12)14(16,17)18;1-4(2)3/h1-8H,9H2;. The zero-order chi connectivity index (χ0) is 16.8. The molecule has 2 aromatic carbocycles. The minimum Gasteiger partial charge on any atom is -0.166 e. The molecule has 120 valence electrons. The molecule has 0 aromatic heterocycles. The van der Waals surface area contributed by atoms with Crippen LogP contribution in [0.2, 0.25) is 0 Å². The van der Waals surface area contributed by atoms with Crippen molar-refractivity contribution < 1.29 is 13.2 Å². The molecule has 0 amide bonds. The van der Waals surface area contributed by atoms with Crippen LogP contribution in [0.1, 0.15) is 11.1 Å². The molecule has 0 saturated heterocycles. The van der Waals surface area contributed by atoms with Gasteiger partial charge in [-0.15, -0.1) is 0 Å². The van der Waals surface area contributed by atoms with E-state index in [1.165, 1.54) is 12.1 Å². The third-order valence-electron chi connectivity index (χ3n) is 2.65. The Hall–Kier alpha value is 0.580. The molecule has 0 spiro atoms. The average Bonchev–Trinajstić information content (AvgIpc) is 2.46. The van der Waals surface area contributed by atoms with E-state index in [9.17, 15) is 13.2 Å². The summed E-state index contributed by atoms with van der Waals surface area (Å²) < 4.78 is 37.1. The van der Waals surface area contributed by atoms with Gasteiger partial charge in [-0.25, -0.2) is 0 Å². The molecule has 0 aliphatic rings. The van der Waals surface area contributed by atoms with Gasteiger partial charge in [0, 0.05) is 5.33 Å². The molecule has 0 fully saturated rings. The third kappa shape index (κ3) is 7.43. The summed E-state index contributed by atoms with van der Waals surface area (Å²) in [6.45, 7) is 0. The number of hydrogen-bond donors (Lipinski definition) is 0. The zero-order valence-electron chi connectivity index (χ0n) is 10.9. The summed E-state index contributed by atoms with van der Waals surface area (Å²) in [7, 11) is 0.